The zero-order chi connectivity index (χ0) is 16.2. The average molecular weight is 335 g/mol. The van der Waals surface area contributed by atoms with Crippen LogP contribution in [0.1, 0.15) is 18.4 Å². The number of rotatable bonds is 4. The van der Waals surface area contributed by atoms with Crippen LogP contribution in [0.25, 0.3) is 10.8 Å². The third-order valence-electron chi connectivity index (χ3n) is 3.90. The quantitative estimate of drug-likeness (QED) is 0.860. The van der Waals surface area contributed by atoms with E-state index >= 15 is 0 Å². The van der Waals surface area contributed by atoms with Gasteiger partial charge in [-0.3, -0.25) is 4.90 Å². The molecule has 0 aromatic carbocycles. The zero-order valence-corrected chi connectivity index (χ0v) is 14.3. The summed E-state index contributed by atoms with van der Waals surface area (Å²) in [4.78, 5) is 21.4. The van der Waals surface area contributed by atoms with Crippen LogP contribution in [-0.4, -0.2) is 53.7 Å². The Hall–Kier alpha value is -1.86. The van der Waals surface area contributed by atoms with Crippen LogP contribution in [0.3, 0.4) is 0 Å². The van der Waals surface area contributed by atoms with Crippen molar-refractivity contribution in [2.75, 3.05) is 32.8 Å². The Labute approximate surface area is 139 Å². The predicted octanol–water partition coefficient (Wildman–Crippen LogP) is 2.99. The summed E-state index contributed by atoms with van der Waals surface area (Å²) in [5.41, 5.74) is 0.970. The van der Waals surface area contributed by atoms with E-state index in [1.165, 1.54) is 0 Å². The van der Waals surface area contributed by atoms with Crippen LogP contribution in [0.15, 0.2) is 21.9 Å². The van der Waals surface area contributed by atoms with Gasteiger partial charge in [-0.15, -0.1) is 11.3 Å². The summed E-state index contributed by atoms with van der Waals surface area (Å²) in [5, 5.41) is 2.02. The number of piperazine rings is 1. The molecule has 23 heavy (non-hydrogen) atoms. The first-order chi connectivity index (χ1) is 11.2. The molecule has 7 heteroatoms. The standard InChI is InChI=1S/C16H21N3O3S/c1-3-21-16(20)19-8-6-18(7-9-19)11-13-12(2)22-15(17-13)14-5-4-10-23-14/h4-5,10H,3,6-9,11H2,1-2H3. The molecule has 0 radical (unpaired) electrons. The maximum atomic E-state index is 11.7. The van der Waals surface area contributed by atoms with E-state index in [1.807, 2.05) is 31.4 Å². The number of ether oxygens (including phenoxy) is 1. The minimum absolute atomic E-state index is 0.218. The molecule has 0 unspecified atom stereocenters. The number of hydrogen-bond donors (Lipinski definition) is 0. The Balaban J connectivity index is 1.58. The molecule has 1 saturated heterocycles. The van der Waals surface area contributed by atoms with Crippen molar-refractivity contribution in [2.45, 2.75) is 20.4 Å². The summed E-state index contributed by atoms with van der Waals surface area (Å²) < 4.78 is 10.8. The summed E-state index contributed by atoms with van der Waals surface area (Å²) in [6.07, 6.45) is -0.218. The lowest BCUT2D eigenvalue weighted by Gasteiger charge is -2.33. The van der Waals surface area contributed by atoms with Crippen molar-refractivity contribution in [1.82, 2.24) is 14.8 Å². The normalized spacial score (nSPS) is 15.8. The van der Waals surface area contributed by atoms with E-state index in [0.29, 0.717) is 25.6 Å². The monoisotopic (exact) mass is 335 g/mol. The van der Waals surface area contributed by atoms with Crippen molar-refractivity contribution in [3.8, 4) is 10.8 Å². The molecule has 0 saturated carbocycles. The third-order valence-corrected chi connectivity index (χ3v) is 4.75. The zero-order valence-electron chi connectivity index (χ0n) is 13.4. The smallest absolute Gasteiger partial charge is 0.409 e. The number of aromatic nitrogens is 1. The molecule has 0 atom stereocenters. The maximum absolute atomic E-state index is 11.7. The fraction of sp³-hybridized carbons (Fsp3) is 0.500. The molecule has 2 aromatic heterocycles. The highest BCUT2D eigenvalue weighted by molar-refractivity contribution is 7.13. The molecule has 6 nitrogen and oxygen atoms in total. The lowest BCUT2D eigenvalue weighted by molar-refractivity contribution is 0.0774. The Morgan fingerprint density at radius 1 is 1.39 bits per heavy atom. The van der Waals surface area contributed by atoms with E-state index in [0.717, 1.165) is 36.0 Å². The number of hydrogen-bond acceptors (Lipinski definition) is 6. The first-order valence-corrected chi connectivity index (χ1v) is 8.69. The van der Waals surface area contributed by atoms with Gasteiger partial charge in [0.1, 0.15) is 5.76 Å². The minimum Gasteiger partial charge on any atom is -0.450 e. The van der Waals surface area contributed by atoms with E-state index in [9.17, 15) is 4.79 Å². The minimum atomic E-state index is -0.218. The molecular weight excluding hydrogens is 314 g/mol. The molecule has 3 rings (SSSR count). The van der Waals surface area contributed by atoms with Gasteiger partial charge >= 0.3 is 6.09 Å². The summed E-state index contributed by atoms with van der Waals surface area (Å²) in [7, 11) is 0. The lowest BCUT2D eigenvalue weighted by atomic mass is 10.3. The second-order valence-corrected chi connectivity index (χ2v) is 6.41. The molecule has 0 spiro atoms. The van der Waals surface area contributed by atoms with E-state index in [1.54, 1.807) is 16.2 Å². The molecule has 1 fully saturated rings. The van der Waals surface area contributed by atoms with Crippen LogP contribution < -0.4 is 0 Å². The van der Waals surface area contributed by atoms with Crippen molar-refractivity contribution >= 4 is 17.4 Å². The van der Waals surface area contributed by atoms with E-state index in [4.69, 9.17) is 9.15 Å². The van der Waals surface area contributed by atoms with Gasteiger partial charge in [-0.1, -0.05) is 6.07 Å². The number of amides is 1. The lowest BCUT2D eigenvalue weighted by Crippen LogP contribution is -2.48. The molecule has 0 N–H and O–H groups in total. The van der Waals surface area contributed by atoms with Gasteiger partial charge in [-0.2, -0.15) is 0 Å². The van der Waals surface area contributed by atoms with Crippen LogP contribution >= 0.6 is 11.3 Å². The topological polar surface area (TPSA) is 58.8 Å². The Kier molecular flexibility index (Phi) is 4.97. The van der Waals surface area contributed by atoms with Crippen molar-refractivity contribution in [1.29, 1.82) is 0 Å². The second-order valence-electron chi connectivity index (χ2n) is 5.46. The molecule has 1 aliphatic heterocycles. The largest absolute Gasteiger partial charge is 0.450 e. The Morgan fingerprint density at radius 2 is 2.17 bits per heavy atom. The highest BCUT2D eigenvalue weighted by Crippen LogP contribution is 2.26. The molecule has 1 aliphatic rings. The van der Waals surface area contributed by atoms with Crippen LogP contribution in [0.5, 0.6) is 0 Å². The summed E-state index contributed by atoms with van der Waals surface area (Å²) in [6.45, 7) is 7.96. The highest BCUT2D eigenvalue weighted by atomic mass is 32.1. The number of nitrogens with zero attached hydrogens (tertiary/aromatic N) is 3. The van der Waals surface area contributed by atoms with E-state index in [-0.39, 0.29) is 6.09 Å². The fourth-order valence-corrected chi connectivity index (χ4v) is 3.24. The third kappa shape index (κ3) is 3.73. The molecule has 2 aromatic rings. The van der Waals surface area contributed by atoms with Gasteiger partial charge in [0.2, 0.25) is 5.89 Å². The predicted molar refractivity (Wildman–Crippen MR) is 88.4 cm³/mol. The van der Waals surface area contributed by atoms with E-state index in [2.05, 4.69) is 9.88 Å². The van der Waals surface area contributed by atoms with Crippen LogP contribution in [-0.2, 0) is 11.3 Å². The van der Waals surface area contributed by atoms with Crippen LogP contribution in [0, 0.1) is 6.92 Å². The van der Waals surface area contributed by atoms with Gasteiger partial charge in [0.05, 0.1) is 17.2 Å². The van der Waals surface area contributed by atoms with Crippen LogP contribution in [0.4, 0.5) is 4.79 Å². The maximum Gasteiger partial charge on any atom is 0.409 e. The van der Waals surface area contributed by atoms with Crippen molar-refractivity contribution in [3.05, 3.63) is 29.0 Å². The number of carbonyl (C=O) groups excluding carboxylic acids is 1. The van der Waals surface area contributed by atoms with Crippen molar-refractivity contribution in [3.63, 3.8) is 0 Å². The van der Waals surface area contributed by atoms with Gasteiger partial charge in [0.25, 0.3) is 0 Å². The number of oxazole rings is 1. The van der Waals surface area contributed by atoms with Gasteiger partial charge in [0.15, 0.2) is 0 Å². The molecule has 3 heterocycles. The number of thiophene rings is 1. The molecule has 0 aliphatic carbocycles. The Morgan fingerprint density at radius 3 is 2.83 bits per heavy atom. The van der Waals surface area contributed by atoms with Crippen LogP contribution in [0.2, 0.25) is 0 Å². The molecular formula is C16H21N3O3S. The van der Waals surface area contributed by atoms with Gasteiger partial charge in [0, 0.05) is 32.7 Å². The molecule has 1 amide bonds. The number of aryl methyl sites for hydroxylation is 1. The van der Waals surface area contributed by atoms with Gasteiger partial charge in [-0.05, 0) is 25.3 Å². The van der Waals surface area contributed by atoms with Crippen molar-refractivity contribution in [2.24, 2.45) is 0 Å². The summed E-state index contributed by atoms with van der Waals surface area (Å²) in [5.74, 6) is 1.55. The van der Waals surface area contributed by atoms with Gasteiger partial charge < -0.3 is 14.1 Å². The van der Waals surface area contributed by atoms with Gasteiger partial charge in [-0.25, -0.2) is 9.78 Å². The SMILES string of the molecule is CCOC(=O)N1CCN(Cc2nc(-c3cccs3)oc2C)CC1. The van der Waals surface area contributed by atoms with Crippen molar-refractivity contribution < 1.29 is 13.9 Å². The fourth-order valence-electron chi connectivity index (χ4n) is 2.60. The highest BCUT2D eigenvalue weighted by Gasteiger charge is 2.23. The average Bonchev–Trinajstić information content (AvgIpc) is 3.19. The summed E-state index contributed by atoms with van der Waals surface area (Å²) in [6, 6.07) is 4.01. The first kappa shape index (κ1) is 16.0. The molecule has 124 valence electrons. The number of carbonyl (C=O) groups is 1. The summed E-state index contributed by atoms with van der Waals surface area (Å²) >= 11 is 1.62. The first-order valence-electron chi connectivity index (χ1n) is 7.81. The van der Waals surface area contributed by atoms with E-state index < -0.39 is 0 Å². The second kappa shape index (κ2) is 7.14. The molecule has 0 bridgehead atoms. The Bertz CT molecular complexity index is 646.